The molecule has 0 spiro atoms. The molecule has 0 unspecified atom stereocenters. The molecule has 1 aliphatic rings. The Morgan fingerprint density at radius 2 is 0.750 bits per heavy atom. The van der Waals surface area contributed by atoms with Gasteiger partial charge in [-0.1, -0.05) is 133 Å². The molecule has 10 aromatic rings. The predicted octanol–water partition coefficient (Wildman–Crippen LogP) is 13.3. The molecule has 0 atom stereocenters. The zero-order valence-corrected chi connectivity index (χ0v) is 29.1. The Bertz CT molecular complexity index is 2800. The van der Waals surface area contributed by atoms with Gasteiger partial charge in [-0.15, -0.1) is 0 Å². The maximum absolute atomic E-state index is 2.46. The lowest BCUT2D eigenvalue weighted by Gasteiger charge is -2.21. The third-order valence-corrected chi connectivity index (χ3v) is 11.9. The second kappa shape index (κ2) is 11.6. The van der Waals surface area contributed by atoms with Gasteiger partial charge in [0.1, 0.15) is 0 Å². The fourth-order valence-corrected chi connectivity index (χ4v) is 9.44. The van der Waals surface area contributed by atoms with Crippen LogP contribution in [0, 0.1) is 0 Å². The average molecular weight is 681 g/mol. The lowest BCUT2D eigenvalue weighted by Crippen LogP contribution is -2.02. The van der Waals surface area contributed by atoms with E-state index in [1.165, 1.54) is 98.2 Å². The molecule has 0 bridgehead atoms. The number of benzene rings is 8. The number of fused-ring (bicyclic) bond motifs is 8. The van der Waals surface area contributed by atoms with Gasteiger partial charge in [-0.05, 0) is 100 Å². The van der Waals surface area contributed by atoms with Gasteiger partial charge in [0.05, 0.1) is 22.1 Å². The molecule has 244 valence electrons. The van der Waals surface area contributed by atoms with E-state index in [0.29, 0.717) is 0 Å². The third-order valence-electron chi connectivity index (χ3n) is 10.7. The maximum atomic E-state index is 2.46. The lowest BCUT2D eigenvalue weighted by atomic mass is 9.99. The van der Waals surface area contributed by atoms with E-state index in [1.807, 2.05) is 11.8 Å². The highest BCUT2D eigenvalue weighted by atomic mass is 32.2. The molecule has 52 heavy (non-hydrogen) atoms. The summed E-state index contributed by atoms with van der Waals surface area (Å²) in [6, 6.07) is 66.8. The molecule has 0 N–H and O–H groups in total. The second-order valence-electron chi connectivity index (χ2n) is 13.8. The van der Waals surface area contributed by atoms with Crippen molar-refractivity contribution in [1.82, 2.24) is 9.13 Å². The predicted molar refractivity (Wildman–Crippen MR) is 219 cm³/mol. The van der Waals surface area contributed by atoms with Crippen molar-refractivity contribution in [3.05, 3.63) is 193 Å². The number of nitrogens with zero attached hydrogens (tertiary/aromatic N) is 2. The number of aromatic nitrogens is 2. The first kappa shape index (κ1) is 29.4. The van der Waals surface area contributed by atoms with Gasteiger partial charge in [-0.25, -0.2) is 0 Å². The third kappa shape index (κ3) is 4.60. The van der Waals surface area contributed by atoms with E-state index >= 15 is 0 Å². The molecule has 1 aliphatic heterocycles. The summed E-state index contributed by atoms with van der Waals surface area (Å²) in [5.74, 6) is 0. The summed E-state index contributed by atoms with van der Waals surface area (Å²) in [6.07, 6.45) is 0.912. The number of hydrogen-bond donors (Lipinski definition) is 0. The minimum atomic E-state index is 0.912. The Hall–Kier alpha value is -6.29. The van der Waals surface area contributed by atoms with Gasteiger partial charge in [-0.3, -0.25) is 0 Å². The summed E-state index contributed by atoms with van der Waals surface area (Å²) in [7, 11) is 0. The fourth-order valence-electron chi connectivity index (χ4n) is 8.34. The van der Waals surface area contributed by atoms with Crippen molar-refractivity contribution in [2.75, 3.05) is 0 Å². The van der Waals surface area contributed by atoms with Crippen molar-refractivity contribution in [2.45, 2.75) is 16.2 Å². The molecule has 0 saturated heterocycles. The molecule has 0 amide bonds. The van der Waals surface area contributed by atoms with Crippen LogP contribution < -0.4 is 0 Å². The van der Waals surface area contributed by atoms with E-state index < -0.39 is 0 Å². The second-order valence-corrected chi connectivity index (χ2v) is 14.9. The summed E-state index contributed by atoms with van der Waals surface area (Å²) in [6.45, 7) is 0. The van der Waals surface area contributed by atoms with E-state index in [0.717, 1.165) is 6.42 Å². The van der Waals surface area contributed by atoms with Gasteiger partial charge in [0.15, 0.2) is 0 Å². The first-order valence-corrected chi connectivity index (χ1v) is 18.7. The van der Waals surface area contributed by atoms with Crippen molar-refractivity contribution in [3.8, 4) is 33.6 Å². The van der Waals surface area contributed by atoms with Crippen LogP contribution >= 0.6 is 11.8 Å². The lowest BCUT2D eigenvalue weighted by molar-refractivity contribution is 1.06. The van der Waals surface area contributed by atoms with Gasteiger partial charge in [0.25, 0.3) is 0 Å². The number of hydrogen-bond acceptors (Lipinski definition) is 1. The molecular weight excluding hydrogens is 649 g/mol. The van der Waals surface area contributed by atoms with E-state index in [-0.39, 0.29) is 0 Å². The fraction of sp³-hybridized carbons (Fsp3) is 0.0204. The molecule has 11 rings (SSSR count). The van der Waals surface area contributed by atoms with Crippen LogP contribution in [0.3, 0.4) is 0 Å². The first-order chi connectivity index (χ1) is 25.8. The Morgan fingerprint density at radius 1 is 0.327 bits per heavy atom. The van der Waals surface area contributed by atoms with Gasteiger partial charge < -0.3 is 9.13 Å². The van der Waals surface area contributed by atoms with E-state index in [9.17, 15) is 0 Å². The first-order valence-electron chi connectivity index (χ1n) is 17.9. The summed E-state index contributed by atoms with van der Waals surface area (Å²) in [5.41, 5.74) is 15.0. The van der Waals surface area contributed by atoms with Crippen LogP contribution in [0.15, 0.2) is 192 Å². The zero-order valence-electron chi connectivity index (χ0n) is 28.3. The summed E-state index contributed by atoms with van der Waals surface area (Å²) in [5, 5.41) is 5.19. The monoisotopic (exact) mass is 680 g/mol. The van der Waals surface area contributed by atoms with Crippen LogP contribution in [0.2, 0.25) is 0 Å². The van der Waals surface area contributed by atoms with E-state index in [4.69, 9.17) is 0 Å². The summed E-state index contributed by atoms with van der Waals surface area (Å²) < 4.78 is 4.91. The standard InChI is InChI=1S/C49H32N2S/c1-3-13-32(14-4-1)34-17-11-19-38(26-34)50-44-23-9-7-21-40(44)42-28-36-25-37-29-43-41-22-8-10-24-45(41)51(47(43)31-49(37)52-48(36)30-46(42)50)39-20-12-18-35(27-39)33-15-5-2-6-16-33/h1-24,26-31H,25H2. The molecule has 0 radical (unpaired) electrons. The Morgan fingerprint density at radius 3 is 1.23 bits per heavy atom. The van der Waals surface area contributed by atoms with E-state index in [2.05, 4.69) is 191 Å². The van der Waals surface area contributed by atoms with Crippen LogP contribution in [0.5, 0.6) is 0 Å². The van der Waals surface area contributed by atoms with Gasteiger partial charge in [0.2, 0.25) is 0 Å². The Labute approximate surface area is 306 Å². The van der Waals surface area contributed by atoms with Crippen molar-refractivity contribution in [1.29, 1.82) is 0 Å². The van der Waals surface area contributed by atoms with Crippen molar-refractivity contribution in [3.63, 3.8) is 0 Å². The Balaban J connectivity index is 1.08. The van der Waals surface area contributed by atoms with Crippen molar-refractivity contribution >= 4 is 55.4 Å². The number of para-hydroxylation sites is 2. The van der Waals surface area contributed by atoms with Crippen molar-refractivity contribution < 1.29 is 0 Å². The highest BCUT2D eigenvalue weighted by Crippen LogP contribution is 2.46. The van der Waals surface area contributed by atoms with Crippen LogP contribution in [0.4, 0.5) is 0 Å². The highest BCUT2D eigenvalue weighted by Gasteiger charge is 2.23. The average Bonchev–Trinajstić information content (AvgIpc) is 3.70. The molecule has 3 heteroatoms. The zero-order chi connectivity index (χ0) is 34.2. The van der Waals surface area contributed by atoms with Crippen LogP contribution in [-0.4, -0.2) is 9.13 Å². The quantitative estimate of drug-likeness (QED) is 0.180. The number of rotatable bonds is 4. The smallest absolute Gasteiger partial charge is 0.0552 e. The summed E-state index contributed by atoms with van der Waals surface area (Å²) in [4.78, 5) is 2.66. The van der Waals surface area contributed by atoms with Gasteiger partial charge >= 0.3 is 0 Å². The Kier molecular flexibility index (Phi) is 6.58. The molecule has 3 heterocycles. The van der Waals surface area contributed by atoms with Crippen LogP contribution in [-0.2, 0) is 6.42 Å². The van der Waals surface area contributed by atoms with Crippen LogP contribution in [0.1, 0.15) is 11.1 Å². The topological polar surface area (TPSA) is 9.86 Å². The molecule has 8 aromatic carbocycles. The normalized spacial score (nSPS) is 12.5. The van der Waals surface area contributed by atoms with E-state index in [1.54, 1.807) is 0 Å². The molecule has 0 fully saturated rings. The summed E-state index contributed by atoms with van der Waals surface area (Å²) >= 11 is 1.91. The minimum absolute atomic E-state index is 0.912. The van der Waals surface area contributed by atoms with Gasteiger partial charge in [0, 0.05) is 42.7 Å². The van der Waals surface area contributed by atoms with Crippen LogP contribution in [0.25, 0.3) is 77.2 Å². The minimum Gasteiger partial charge on any atom is -0.309 e. The molecule has 0 saturated carbocycles. The highest BCUT2D eigenvalue weighted by molar-refractivity contribution is 7.99. The SMILES string of the molecule is c1ccc(-c2cccc(-n3c4ccccc4c4cc5c(cc43)Sc3cc4c(cc3C5)c3ccccc3n4-c3cccc(-c4ccccc4)c3)c2)cc1. The molecule has 0 aliphatic carbocycles. The van der Waals surface area contributed by atoms with Gasteiger partial charge in [-0.2, -0.15) is 0 Å². The molecular formula is C49H32N2S. The largest absolute Gasteiger partial charge is 0.309 e. The van der Waals surface area contributed by atoms with Crippen molar-refractivity contribution in [2.24, 2.45) is 0 Å². The maximum Gasteiger partial charge on any atom is 0.0552 e. The molecule has 2 nitrogen and oxygen atoms in total. The molecule has 2 aromatic heterocycles.